The standard InChI is InChI=1S/C23H25N3O3/c1-2-29-21-14-10-19(11-15-21)25-23(28)24-16-5-6-18-8-12-20(13-9-18)26-17-4-3-7-22(26)27/h8-15H,2-4,7,16-17H2,1H3,(H2,24,25,28). The summed E-state index contributed by atoms with van der Waals surface area (Å²) in [4.78, 5) is 25.7. The van der Waals surface area contributed by atoms with Crippen LogP contribution in [0.3, 0.4) is 0 Å². The zero-order valence-corrected chi connectivity index (χ0v) is 16.5. The van der Waals surface area contributed by atoms with Crippen LogP contribution in [0.1, 0.15) is 31.7 Å². The summed E-state index contributed by atoms with van der Waals surface area (Å²) in [5, 5.41) is 5.45. The number of hydrogen-bond donors (Lipinski definition) is 2. The number of hydrogen-bond acceptors (Lipinski definition) is 3. The highest BCUT2D eigenvalue weighted by Gasteiger charge is 2.19. The second-order valence-electron chi connectivity index (χ2n) is 6.62. The Balaban J connectivity index is 1.45. The largest absolute Gasteiger partial charge is 0.494 e. The van der Waals surface area contributed by atoms with Crippen LogP contribution in [0, 0.1) is 11.8 Å². The fraction of sp³-hybridized carbons (Fsp3) is 0.304. The number of benzene rings is 2. The molecule has 2 N–H and O–H groups in total. The predicted molar refractivity (Wildman–Crippen MR) is 114 cm³/mol. The fourth-order valence-corrected chi connectivity index (χ4v) is 3.05. The van der Waals surface area contributed by atoms with E-state index in [1.54, 1.807) is 24.3 Å². The number of piperidine rings is 1. The van der Waals surface area contributed by atoms with E-state index in [1.165, 1.54) is 0 Å². The lowest BCUT2D eigenvalue weighted by Gasteiger charge is -2.26. The topological polar surface area (TPSA) is 70.7 Å². The lowest BCUT2D eigenvalue weighted by atomic mass is 10.1. The molecule has 0 unspecified atom stereocenters. The molecule has 6 heteroatoms. The molecule has 3 amide bonds. The van der Waals surface area contributed by atoms with Crippen LogP contribution in [0.25, 0.3) is 0 Å². The maximum Gasteiger partial charge on any atom is 0.319 e. The van der Waals surface area contributed by atoms with Crippen LogP contribution < -0.4 is 20.3 Å². The summed E-state index contributed by atoms with van der Waals surface area (Å²) < 4.78 is 5.37. The number of nitrogens with zero attached hydrogens (tertiary/aromatic N) is 1. The third kappa shape index (κ3) is 6.01. The summed E-state index contributed by atoms with van der Waals surface area (Å²) in [5.74, 6) is 6.89. The van der Waals surface area contributed by atoms with Gasteiger partial charge in [0.1, 0.15) is 5.75 Å². The van der Waals surface area contributed by atoms with Gasteiger partial charge in [-0.1, -0.05) is 11.8 Å². The van der Waals surface area contributed by atoms with Gasteiger partial charge >= 0.3 is 6.03 Å². The van der Waals surface area contributed by atoms with Gasteiger partial charge < -0.3 is 20.3 Å². The minimum atomic E-state index is -0.317. The van der Waals surface area contributed by atoms with Crippen molar-refractivity contribution in [2.24, 2.45) is 0 Å². The molecule has 1 saturated heterocycles. The summed E-state index contributed by atoms with van der Waals surface area (Å²) in [5.41, 5.74) is 2.43. The van der Waals surface area contributed by atoms with E-state index >= 15 is 0 Å². The molecular formula is C23H25N3O3. The quantitative estimate of drug-likeness (QED) is 0.762. The molecule has 29 heavy (non-hydrogen) atoms. The van der Waals surface area contributed by atoms with Crippen molar-refractivity contribution in [2.75, 3.05) is 29.9 Å². The van der Waals surface area contributed by atoms with Crippen molar-refractivity contribution in [3.63, 3.8) is 0 Å². The Labute approximate surface area is 171 Å². The van der Waals surface area contributed by atoms with Crippen LogP contribution in [0.4, 0.5) is 16.2 Å². The van der Waals surface area contributed by atoms with E-state index in [-0.39, 0.29) is 18.5 Å². The van der Waals surface area contributed by atoms with E-state index in [9.17, 15) is 9.59 Å². The number of nitrogens with one attached hydrogen (secondary N) is 2. The van der Waals surface area contributed by atoms with Crippen LogP contribution in [-0.2, 0) is 4.79 Å². The zero-order valence-electron chi connectivity index (χ0n) is 16.5. The maximum absolute atomic E-state index is 12.0. The summed E-state index contributed by atoms with van der Waals surface area (Å²) in [6.07, 6.45) is 2.63. The molecule has 6 nitrogen and oxygen atoms in total. The van der Waals surface area contributed by atoms with Crippen molar-refractivity contribution in [2.45, 2.75) is 26.2 Å². The first-order valence-corrected chi connectivity index (χ1v) is 9.82. The molecular weight excluding hydrogens is 366 g/mol. The molecule has 3 rings (SSSR count). The highest BCUT2D eigenvalue weighted by Crippen LogP contribution is 2.21. The SMILES string of the molecule is CCOc1ccc(NC(=O)NCC#Cc2ccc(N3CCCCC3=O)cc2)cc1. The molecule has 1 aliphatic heterocycles. The highest BCUT2D eigenvalue weighted by molar-refractivity contribution is 5.94. The first-order chi connectivity index (χ1) is 14.2. The van der Waals surface area contributed by atoms with Crippen LogP contribution in [-0.4, -0.2) is 31.6 Å². The van der Waals surface area contributed by atoms with E-state index in [0.717, 1.165) is 36.4 Å². The molecule has 0 bridgehead atoms. The van der Waals surface area contributed by atoms with Gasteiger partial charge in [-0.25, -0.2) is 4.79 Å². The molecule has 150 valence electrons. The molecule has 2 aromatic rings. The van der Waals surface area contributed by atoms with Crippen molar-refractivity contribution in [1.82, 2.24) is 5.32 Å². The number of urea groups is 1. The van der Waals surface area contributed by atoms with E-state index in [0.29, 0.717) is 18.7 Å². The van der Waals surface area contributed by atoms with Crippen LogP contribution in [0.15, 0.2) is 48.5 Å². The molecule has 2 aromatic carbocycles. The van der Waals surface area contributed by atoms with Crippen LogP contribution >= 0.6 is 0 Å². The lowest BCUT2D eigenvalue weighted by molar-refractivity contribution is -0.119. The minimum Gasteiger partial charge on any atom is -0.494 e. The Morgan fingerprint density at radius 1 is 1.10 bits per heavy atom. The van der Waals surface area contributed by atoms with Gasteiger partial charge in [0, 0.05) is 29.9 Å². The van der Waals surface area contributed by atoms with E-state index in [1.807, 2.05) is 36.1 Å². The van der Waals surface area contributed by atoms with Crippen molar-refractivity contribution >= 4 is 23.3 Å². The Hall–Kier alpha value is -3.46. The van der Waals surface area contributed by atoms with Gasteiger partial charge in [-0.2, -0.15) is 0 Å². The summed E-state index contributed by atoms with van der Waals surface area (Å²) >= 11 is 0. The second-order valence-corrected chi connectivity index (χ2v) is 6.62. The Bertz CT molecular complexity index is 896. The van der Waals surface area contributed by atoms with Gasteiger partial charge in [0.2, 0.25) is 5.91 Å². The average molecular weight is 391 g/mol. The summed E-state index contributed by atoms with van der Waals surface area (Å²) in [7, 11) is 0. The third-order valence-electron chi connectivity index (χ3n) is 4.50. The van der Waals surface area contributed by atoms with Crippen molar-refractivity contribution < 1.29 is 14.3 Å². The number of anilines is 2. The smallest absolute Gasteiger partial charge is 0.319 e. The van der Waals surface area contributed by atoms with Crippen molar-refractivity contribution in [3.05, 3.63) is 54.1 Å². The normalized spacial score (nSPS) is 13.3. The van der Waals surface area contributed by atoms with Gasteiger partial charge in [-0.3, -0.25) is 4.79 Å². The van der Waals surface area contributed by atoms with Gasteiger partial charge in [-0.05, 0) is 68.3 Å². The molecule has 0 atom stereocenters. The van der Waals surface area contributed by atoms with E-state index in [4.69, 9.17) is 4.74 Å². The van der Waals surface area contributed by atoms with E-state index in [2.05, 4.69) is 22.5 Å². The third-order valence-corrected chi connectivity index (χ3v) is 4.50. The van der Waals surface area contributed by atoms with E-state index < -0.39 is 0 Å². The molecule has 0 spiro atoms. The number of amides is 3. The molecule has 0 saturated carbocycles. The first kappa shape index (κ1) is 20.3. The Kier molecular flexibility index (Phi) is 7.12. The number of rotatable bonds is 5. The van der Waals surface area contributed by atoms with Crippen molar-refractivity contribution in [1.29, 1.82) is 0 Å². The van der Waals surface area contributed by atoms with Gasteiger partial charge in [0.25, 0.3) is 0 Å². The highest BCUT2D eigenvalue weighted by atomic mass is 16.5. The summed E-state index contributed by atoms with van der Waals surface area (Å²) in [6, 6.07) is 14.5. The average Bonchev–Trinajstić information content (AvgIpc) is 2.74. The van der Waals surface area contributed by atoms with Crippen LogP contribution in [0.2, 0.25) is 0 Å². The van der Waals surface area contributed by atoms with Crippen molar-refractivity contribution in [3.8, 4) is 17.6 Å². The van der Waals surface area contributed by atoms with Gasteiger partial charge in [-0.15, -0.1) is 0 Å². The van der Waals surface area contributed by atoms with Gasteiger partial charge in [0.05, 0.1) is 13.2 Å². The minimum absolute atomic E-state index is 0.179. The van der Waals surface area contributed by atoms with Gasteiger partial charge in [0.15, 0.2) is 0 Å². The Morgan fingerprint density at radius 3 is 2.55 bits per heavy atom. The zero-order chi connectivity index (χ0) is 20.5. The first-order valence-electron chi connectivity index (χ1n) is 9.82. The number of carbonyl (C=O) groups excluding carboxylic acids is 2. The monoisotopic (exact) mass is 391 g/mol. The molecule has 1 heterocycles. The number of carbonyl (C=O) groups is 2. The second kappa shape index (κ2) is 10.2. The summed E-state index contributed by atoms with van der Waals surface area (Å²) in [6.45, 7) is 3.53. The Morgan fingerprint density at radius 2 is 1.86 bits per heavy atom. The molecule has 0 radical (unpaired) electrons. The van der Waals surface area contributed by atoms with Crippen LogP contribution in [0.5, 0.6) is 5.75 Å². The number of ether oxygens (including phenoxy) is 1. The maximum atomic E-state index is 12.0. The molecule has 0 aliphatic carbocycles. The fourth-order valence-electron chi connectivity index (χ4n) is 3.05. The predicted octanol–water partition coefficient (Wildman–Crippen LogP) is 3.78. The molecule has 0 aromatic heterocycles. The lowest BCUT2D eigenvalue weighted by Crippen LogP contribution is -2.35. The molecule has 1 aliphatic rings. The molecule has 1 fully saturated rings.